The van der Waals surface area contributed by atoms with E-state index in [0.717, 1.165) is 10.8 Å². The minimum Gasteiger partial charge on any atom is -0.398 e. The molecule has 5 heteroatoms. The van der Waals surface area contributed by atoms with Crippen molar-refractivity contribution in [3.63, 3.8) is 0 Å². The van der Waals surface area contributed by atoms with Gasteiger partial charge in [0.1, 0.15) is 11.9 Å². The van der Waals surface area contributed by atoms with Crippen LogP contribution < -0.4 is 17.2 Å². The summed E-state index contributed by atoms with van der Waals surface area (Å²) in [5.41, 5.74) is 19.8. The summed E-state index contributed by atoms with van der Waals surface area (Å²) in [7, 11) is 0. The number of nitrogens with two attached hydrogens (primary N) is 3. The fourth-order valence-corrected chi connectivity index (χ4v) is 2.26. The van der Waals surface area contributed by atoms with E-state index in [1.54, 1.807) is 18.2 Å². The van der Waals surface area contributed by atoms with Crippen molar-refractivity contribution >= 4 is 38.9 Å². The Hall–Kier alpha value is -3.00. The molecule has 2 aromatic carbocycles. The van der Waals surface area contributed by atoms with Crippen LogP contribution in [0.2, 0.25) is 0 Å². The second-order valence-corrected chi connectivity index (χ2v) is 4.33. The Morgan fingerprint density at radius 1 is 1.05 bits per heavy atom. The maximum atomic E-state index is 9.14. The Bertz CT molecular complexity index is 861. The van der Waals surface area contributed by atoms with Gasteiger partial charge in [0.15, 0.2) is 0 Å². The molecule has 1 heterocycles. The number of nitrogen functional groups attached to an aromatic ring is 3. The van der Waals surface area contributed by atoms with Gasteiger partial charge in [0, 0.05) is 21.8 Å². The van der Waals surface area contributed by atoms with Gasteiger partial charge in [0.05, 0.1) is 16.8 Å². The second-order valence-electron chi connectivity index (χ2n) is 4.33. The molecule has 92 valence electrons. The predicted molar refractivity (Wildman–Crippen MR) is 77.2 cm³/mol. The molecule has 0 saturated carbocycles. The summed E-state index contributed by atoms with van der Waals surface area (Å²) in [6.45, 7) is 0. The molecule has 6 N–H and O–H groups in total. The molecule has 0 saturated heterocycles. The smallest absolute Gasteiger partial charge is 0.124 e. The molecule has 3 rings (SSSR count). The van der Waals surface area contributed by atoms with E-state index in [0.29, 0.717) is 33.7 Å². The minimum absolute atomic E-state index is 0.371. The summed E-state index contributed by atoms with van der Waals surface area (Å²) < 4.78 is 0. The zero-order chi connectivity index (χ0) is 13.6. The van der Waals surface area contributed by atoms with E-state index in [1.807, 2.05) is 12.1 Å². The SMILES string of the molecule is N#Cc1ccc(N)c2ccc3cc(N)nc3c2c1N. The molecule has 0 aliphatic rings. The highest BCUT2D eigenvalue weighted by Gasteiger charge is 2.11. The molecule has 0 spiro atoms. The van der Waals surface area contributed by atoms with Crippen LogP contribution in [0.25, 0.3) is 21.7 Å². The molecule has 0 aliphatic heterocycles. The van der Waals surface area contributed by atoms with Crippen molar-refractivity contribution in [2.45, 2.75) is 0 Å². The number of rotatable bonds is 0. The standard InChI is InChI=1S/C14H11N5/c15-6-8-2-4-10(16)9-3-1-7-5-11(17)19-14(7)12(9)13(8)18/h1-5H,16,18H2,(H2,17,19). The monoisotopic (exact) mass is 249 g/mol. The van der Waals surface area contributed by atoms with E-state index in [2.05, 4.69) is 11.1 Å². The Morgan fingerprint density at radius 2 is 1.84 bits per heavy atom. The van der Waals surface area contributed by atoms with E-state index >= 15 is 0 Å². The van der Waals surface area contributed by atoms with Gasteiger partial charge in [-0.2, -0.15) is 5.26 Å². The van der Waals surface area contributed by atoms with Crippen LogP contribution in [0.3, 0.4) is 0 Å². The molecule has 5 nitrogen and oxygen atoms in total. The number of hydrogen-bond donors (Lipinski definition) is 3. The normalized spacial score (nSPS) is 10.7. The third kappa shape index (κ3) is 1.51. The Morgan fingerprint density at radius 3 is 2.58 bits per heavy atom. The first-order chi connectivity index (χ1) is 9.11. The largest absolute Gasteiger partial charge is 0.398 e. The average Bonchev–Trinajstić information content (AvgIpc) is 2.72. The van der Waals surface area contributed by atoms with E-state index < -0.39 is 0 Å². The summed E-state index contributed by atoms with van der Waals surface area (Å²) in [4.78, 5) is 4.28. The quantitative estimate of drug-likeness (QED) is 0.563. The Labute approximate surface area is 109 Å². The molecule has 1 aromatic heterocycles. The van der Waals surface area contributed by atoms with Gasteiger partial charge in [-0.15, -0.1) is 0 Å². The first-order valence-electron chi connectivity index (χ1n) is 5.69. The zero-order valence-corrected chi connectivity index (χ0v) is 10.0. The highest BCUT2D eigenvalue weighted by molar-refractivity contribution is 6.15. The molecular weight excluding hydrogens is 238 g/mol. The van der Waals surface area contributed by atoms with Crippen molar-refractivity contribution in [3.05, 3.63) is 35.9 Å². The molecular formula is C14H11N5. The minimum atomic E-state index is 0.371. The summed E-state index contributed by atoms with van der Waals surface area (Å²) in [6.07, 6.45) is 0. The van der Waals surface area contributed by atoms with Crippen LogP contribution in [-0.2, 0) is 0 Å². The van der Waals surface area contributed by atoms with Crippen LogP contribution in [0.4, 0.5) is 17.2 Å². The van der Waals surface area contributed by atoms with Crippen molar-refractivity contribution < 1.29 is 0 Å². The highest BCUT2D eigenvalue weighted by atomic mass is 14.8. The van der Waals surface area contributed by atoms with Gasteiger partial charge >= 0.3 is 0 Å². The van der Waals surface area contributed by atoms with Gasteiger partial charge in [-0.3, -0.25) is 0 Å². The number of nitrogens with zero attached hydrogens (tertiary/aromatic N) is 2. The van der Waals surface area contributed by atoms with E-state index in [4.69, 9.17) is 22.5 Å². The summed E-state index contributed by atoms with van der Waals surface area (Å²) in [6, 6.07) is 10.9. The molecule has 3 aromatic rings. The van der Waals surface area contributed by atoms with Crippen LogP contribution in [-0.4, -0.2) is 4.98 Å². The molecule has 0 radical (unpaired) electrons. The summed E-state index contributed by atoms with van der Waals surface area (Å²) in [5, 5.41) is 11.5. The number of fused-ring (bicyclic) bond motifs is 3. The van der Waals surface area contributed by atoms with Gasteiger partial charge in [0.25, 0.3) is 0 Å². The van der Waals surface area contributed by atoms with Crippen molar-refractivity contribution in [1.29, 1.82) is 5.26 Å². The highest BCUT2D eigenvalue weighted by Crippen LogP contribution is 2.34. The fourth-order valence-electron chi connectivity index (χ4n) is 2.26. The molecule has 0 bridgehead atoms. The molecule has 0 fully saturated rings. The number of nitriles is 1. The first-order valence-corrected chi connectivity index (χ1v) is 5.69. The number of benzene rings is 1. The fraction of sp³-hybridized carbons (Fsp3) is 0. The van der Waals surface area contributed by atoms with E-state index in [-0.39, 0.29) is 0 Å². The van der Waals surface area contributed by atoms with E-state index in [9.17, 15) is 0 Å². The Balaban J connectivity index is 2.68. The van der Waals surface area contributed by atoms with E-state index in [1.165, 1.54) is 0 Å². The molecule has 0 unspecified atom stereocenters. The maximum absolute atomic E-state index is 9.14. The first kappa shape index (κ1) is 11.1. The summed E-state index contributed by atoms with van der Waals surface area (Å²) in [5.74, 6) is 0.422. The molecule has 0 aliphatic carbocycles. The number of hydrogen-bond acceptors (Lipinski definition) is 5. The molecule has 0 amide bonds. The van der Waals surface area contributed by atoms with Crippen LogP contribution >= 0.6 is 0 Å². The predicted octanol–water partition coefficient (Wildman–Crippen LogP) is 2.01. The van der Waals surface area contributed by atoms with Crippen LogP contribution in [0.1, 0.15) is 5.56 Å². The number of anilines is 3. The van der Waals surface area contributed by atoms with Gasteiger partial charge in [-0.1, -0.05) is 12.1 Å². The lowest BCUT2D eigenvalue weighted by atomic mass is 10.1. The van der Waals surface area contributed by atoms with Crippen molar-refractivity contribution in [1.82, 2.24) is 4.98 Å². The maximum Gasteiger partial charge on any atom is 0.124 e. The van der Waals surface area contributed by atoms with Crippen molar-refractivity contribution in [2.24, 2.45) is 0 Å². The zero-order valence-electron chi connectivity index (χ0n) is 10.0. The topological polar surface area (TPSA) is 115 Å². The number of aromatic nitrogens is 1. The van der Waals surface area contributed by atoms with Crippen molar-refractivity contribution in [2.75, 3.05) is 17.2 Å². The molecule has 0 atom stereocenters. The van der Waals surface area contributed by atoms with Gasteiger partial charge < -0.3 is 17.2 Å². The van der Waals surface area contributed by atoms with Crippen LogP contribution in [0, 0.1) is 11.3 Å². The lowest BCUT2D eigenvalue weighted by Gasteiger charge is -2.01. The second kappa shape index (κ2) is 3.75. The Kier molecular flexibility index (Phi) is 2.19. The van der Waals surface area contributed by atoms with Gasteiger partial charge in [0.2, 0.25) is 0 Å². The molecule has 19 heavy (non-hydrogen) atoms. The van der Waals surface area contributed by atoms with Crippen molar-refractivity contribution in [3.8, 4) is 6.07 Å². The van der Waals surface area contributed by atoms with Crippen LogP contribution in [0.5, 0.6) is 0 Å². The lowest BCUT2D eigenvalue weighted by Crippen LogP contribution is -1.90. The van der Waals surface area contributed by atoms with Crippen LogP contribution in [0.15, 0.2) is 30.3 Å². The third-order valence-electron chi connectivity index (χ3n) is 3.17. The van der Waals surface area contributed by atoms with Gasteiger partial charge in [-0.05, 0) is 18.2 Å². The third-order valence-corrected chi connectivity index (χ3v) is 3.17. The average molecular weight is 249 g/mol. The summed E-state index contributed by atoms with van der Waals surface area (Å²) >= 11 is 0. The van der Waals surface area contributed by atoms with Gasteiger partial charge in [-0.25, -0.2) is 4.98 Å². The lowest BCUT2D eigenvalue weighted by molar-refractivity contribution is 1.48.